The summed E-state index contributed by atoms with van der Waals surface area (Å²) in [6, 6.07) is 11.6. The number of nitrogens with one attached hydrogen (secondary N) is 1. The Morgan fingerprint density at radius 1 is 1.20 bits per heavy atom. The van der Waals surface area contributed by atoms with Gasteiger partial charge in [0.05, 0.1) is 16.7 Å². The number of carbonyl (C=O) groups is 1. The van der Waals surface area contributed by atoms with Crippen molar-refractivity contribution in [2.45, 2.75) is 5.16 Å². The first-order valence-corrected chi connectivity index (χ1v) is 8.84. The van der Waals surface area contributed by atoms with E-state index in [-0.39, 0.29) is 22.4 Å². The maximum Gasteiger partial charge on any atom is 0.280 e. The summed E-state index contributed by atoms with van der Waals surface area (Å²) < 4.78 is 0.941. The van der Waals surface area contributed by atoms with Crippen LogP contribution in [0.25, 0.3) is 10.9 Å². The first-order chi connectivity index (χ1) is 11.9. The van der Waals surface area contributed by atoms with Crippen LogP contribution in [0.3, 0.4) is 0 Å². The highest BCUT2D eigenvalue weighted by Crippen LogP contribution is 2.23. The highest BCUT2D eigenvalue weighted by atomic mass is 35.5. The van der Waals surface area contributed by atoms with E-state index < -0.39 is 0 Å². The Morgan fingerprint density at radius 3 is 2.60 bits per heavy atom. The van der Waals surface area contributed by atoms with E-state index in [4.69, 9.17) is 29.0 Å². The zero-order valence-electron chi connectivity index (χ0n) is 12.7. The van der Waals surface area contributed by atoms with Crippen LogP contribution >= 0.6 is 35.0 Å². The average molecular weight is 395 g/mol. The molecule has 0 atom stereocenters. The summed E-state index contributed by atoms with van der Waals surface area (Å²) in [4.78, 5) is 28.6. The summed E-state index contributed by atoms with van der Waals surface area (Å²) in [5.41, 5.74) is 0.647. The number of amides is 1. The molecule has 6 nitrogen and oxygen atoms in total. The second-order valence-electron chi connectivity index (χ2n) is 5.08. The van der Waals surface area contributed by atoms with Gasteiger partial charge in [0.25, 0.3) is 5.56 Å². The Bertz CT molecular complexity index is 1000. The number of thioether (sulfide) groups is 1. The lowest BCUT2D eigenvalue weighted by Crippen LogP contribution is -2.30. The summed E-state index contributed by atoms with van der Waals surface area (Å²) in [7, 11) is 0. The molecule has 0 bridgehead atoms. The van der Waals surface area contributed by atoms with Crippen molar-refractivity contribution >= 4 is 57.5 Å². The number of hydrogen-bond donors (Lipinski definition) is 2. The van der Waals surface area contributed by atoms with Crippen LogP contribution in [0.15, 0.2) is 52.4 Å². The molecule has 3 rings (SSSR count). The third-order valence-corrected chi connectivity index (χ3v) is 4.64. The summed E-state index contributed by atoms with van der Waals surface area (Å²) in [6.45, 7) is 0. The third kappa shape index (κ3) is 4.07. The zero-order chi connectivity index (χ0) is 18.0. The van der Waals surface area contributed by atoms with Crippen molar-refractivity contribution in [2.24, 2.45) is 0 Å². The number of rotatable bonds is 4. The van der Waals surface area contributed by atoms with E-state index in [1.807, 2.05) is 0 Å². The highest BCUT2D eigenvalue weighted by molar-refractivity contribution is 7.99. The van der Waals surface area contributed by atoms with Crippen molar-refractivity contribution in [1.29, 1.82) is 0 Å². The molecular formula is C16H12Cl2N4O2S. The first-order valence-electron chi connectivity index (χ1n) is 7.09. The molecule has 3 aromatic rings. The number of nitrogens with zero attached hydrogens (tertiary/aromatic N) is 2. The largest absolute Gasteiger partial charge is 0.334 e. The molecule has 0 aliphatic rings. The van der Waals surface area contributed by atoms with E-state index in [0.717, 1.165) is 16.4 Å². The van der Waals surface area contributed by atoms with Crippen LogP contribution < -0.4 is 16.7 Å². The Morgan fingerprint density at radius 2 is 1.88 bits per heavy atom. The number of nitrogen functional groups attached to an aromatic ring is 1. The molecule has 1 aromatic heterocycles. The predicted molar refractivity (Wildman–Crippen MR) is 102 cm³/mol. The number of para-hydroxylation sites is 1. The number of benzene rings is 2. The van der Waals surface area contributed by atoms with Crippen LogP contribution in [0, 0.1) is 0 Å². The van der Waals surface area contributed by atoms with Gasteiger partial charge in [0.1, 0.15) is 0 Å². The maximum atomic E-state index is 12.2. The number of fused-ring (bicyclic) bond motifs is 1. The lowest BCUT2D eigenvalue weighted by atomic mass is 10.2. The van der Waals surface area contributed by atoms with Crippen molar-refractivity contribution in [2.75, 3.05) is 16.9 Å². The van der Waals surface area contributed by atoms with Crippen molar-refractivity contribution in [3.8, 4) is 0 Å². The number of carbonyl (C=O) groups excluding carboxylic acids is 1. The smallest absolute Gasteiger partial charge is 0.280 e. The first kappa shape index (κ1) is 17.6. The number of aromatic nitrogens is 2. The van der Waals surface area contributed by atoms with Gasteiger partial charge in [-0.05, 0) is 30.3 Å². The van der Waals surface area contributed by atoms with Crippen molar-refractivity contribution in [1.82, 2.24) is 9.66 Å². The van der Waals surface area contributed by atoms with Gasteiger partial charge >= 0.3 is 0 Å². The molecule has 128 valence electrons. The molecule has 9 heteroatoms. The van der Waals surface area contributed by atoms with Gasteiger partial charge in [-0.3, -0.25) is 9.59 Å². The van der Waals surface area contributed by atoms with E-state index in [9.17, 15) is 9.59 Å². The molecule has 1 amide bonds. The monoisotopic (exact) mass is 394 g/mol. The van der Waals surface area contributed by atoms with Crippen molar-refractivity contribution < 1.29 is 4.79 Å². The summed E-state index contributed by atoms with van der Waals surface area (Å²) in [5, 5.41) is 4.19. The number of hydrogen-bond acceptors (Lipinski definition) is 5. The van der Waals surface area contributed by atoms with E-state index >= 15 is 0 Å². The number of anilines is 1. The van der Waals surface area contributed by atoms with Crippen molar-refractivity contribution in [3.05, 3.63) is 62.9 Å². The molecule has 25 heavy (non-hydrogen) atoms. The van der Waals surface area contributed by atoms with Gasteiger partial charge in [-0.15, -0.1) is 0 Å². The second kappa shape index (κ2) is 7.35. The minimum Gasteiger partial charge on any atom is -0.334 e. The molecule has 0 saturated heterocycles. The lowest BCUT2D eigenvalue weighted by Gasteiger charge is -2.09. The van der Waals surface area contributed by atoms with Gasteiger partial charge in [0.15, 0.2) is 5.16 Å². The molecule has 0 unspecified atom stereocenters. The second-order valence-corrected chi connectivity index (χ2v) is 6.90. The molecule has 0 aliphatic carbocycles. The Kier molecular flexibility index (Phi) is 5.17. The summed E-state index contributed by atoms with van der Waals surface area (Å²) in [5.74, 6) is 5.50. The molecule has 1 heterocycles. The van der Waals surface area contributed by atoms with E-state index in [1.54, 1.807) is 42.5 Å². The molecule has 0 saturated carbocycles. The number of halogens is 2. The van der Waals surface area contributed by atoms with E-state index in [1.165, 1.54) is 0 Å². The standard InChI is InChI=1S/C16H12Cl2N4O2S/c17-9-5-10(18)7-11(6-9)20-14(23)8-25-16-21-13-4-2-1-3-12(13)15(24)22(16)19/h1-7H,8,19H2,(H,20,23). The average Bonchev–Trinajstić information content (AvgIpc) is 2.56. The van der Waals surface area contributed by atoms with E-state index in [0.29, 0.717) is 26.6 Å². The van der Waals surface area contributed by atoms with E-state index in [2.05, 4.69) is 10.3 Å². The fourth-order valence-electron chi connectivity index (χ4n) is 2.18. The molecule has 0 fully saturated rings. The topological polar surface area (TPSA) is 90.0 Å². The third-order valence-electron chi connectivity index (χ3n) is 3.25. The van der Waals surface area contributed by atoms with Gasteiger partial charge in [0, 0.05) is 15.7 Å². The molecule has 0 aliphatic heterocycles. The molecule has 0 spiro atoms. The van der Waals surface area contributed by atoms with Crippen LogP contribution in [-0.2, 0) is 4.79 Å². The quantitative estimate of drug-likeness (QED) is 0.403. The summed E-state index contributed by atoms with van der Waals surface area (Å²) >= 11 is 12.8. The summed E-state index contributed by atoms with van der Waals surface area (Å²) in [6.07, 6.45) is 0. The maximum absolute atomic E-state index is 12.2. The van der Waals surface area contributed by atoms with Crippen LogP contribution in [0.2, 0.25) is 10.0 Å². The van der Waals surface area contributed by atoms with Crippen LogP contribution in [-0.4, -0.2) is 21.3 Å². The van der Waals surface area contributed by atoms with Gasteiger partial charge in [-0.2, -0.15) is 0 Å². The Hall–Kier alpha value is -2.22. The highest BCUT2D eigenvalue weighted by Gasteiger charge is 2.12. The van der Waals surface area contributed by atoms with Crippen LogP contribution in [0.4, 0.5) is 5.69 Å². The van der Waals surface area contributed by atoms with Gasteiger partial charge in [0.2, 0.25) is 5.91 Å². The number of nitrogens with two attached hydrogens (primary N) is 1. The molecule has 0 radical (unpaired) electrons. The predicted octanol–water partition coefficient (Wildman–Crippen LogP) is 3.15. The van der Waals surface area contributed by atoms with Gasteiger partial charge in [-0.1, -0.05) is 47.1 Å². The normalized spacial score (nSPS) is 10.8. The fraction of sp³-hybridized carbons (Fsp3) is 0.0625. The Labute approximate surface area is 156 Å². The van der Waals surface area contributed by atoms with Crippen molar-refractivity contribution in [3.63, 3.8) is 0 Å². The lowest BCUT2D eigenvalue weighted by molar-refractivity contribution is -0.113. The fourth-order valence-corrected chi connectivity index (χ4v) is 3.42. The molecular weight excluding hydrogens is 383 g/mol. The minimum atomic E-state index is -0.366. The molecule has 3 N–H and O–H groups in total. The van der Waals surface area contributed by atoms with Gasteiger partial charge < -0.3 is 11.2 Å². The molecule has 2 aromatic carbocycles. The zero-order valence-corrected chi connectivity index (χ0v) is 15.0. The van der Waals surface area contributed by atoms with Gasteiger partial charge in [-0.25, -0.2) is 9.66 Å². The minimum absolute atomic E-state index is 0.0200. The van der Waals surface area contributed by atoms with Crippen LogP contribution in [0.5, 0.6) is 0 Å². The van der Waals surface area contributed by atoms with Crippen LogP contribution in [0.1, 0.15) is 0 Å². The Balaban J connectivity index is 1.75. The SMILES string of the molecule is Nn1c(SCC(=O)Nc2cc(Cl)cc(Cl)c2)nc2ccccc2c1=O.